The van der Waals surface area contributed by atoms with Crippen LogP contribution in [0.3, 0.4) is 0 Å². The fraction of sp³-hybridized carbons (Fsp3) is 0.444. The maximum Gasteiger partial charge on any atom is 0.253 e. The molecular weight excluding hydrogens is 262 g/mol. The SMILES string of the molecule is CC(=O)c1ccc(C(=O)N2C[C@H]3CC=C(C)C[C@H]3C2)cc1. The Hall–Kier alpha value is -1.90. The van der Waals surface area contributed by atoms with E-state index in [-0.39, 0.29) is 11.7 Å². The van der Waals surface area contributed by atoms with Crippen LogP contribution in [0.2, 0.25) is 0 Å². The lowest BCUT2D eigenvalue weighted by molar-refractivity contribution is 0.0783. The fourth-order valence-corrected chi connectivity index (χ4v) is 3.48. The molecule has 1 fully saturated rings. The Morgan fingerprint density at radius 2 is 1.67 bits per heavy atom. The molecule has 21 heavy (non-hydrogen) atoms. The first-order valence-electron chi connectivity index (χ1n) is 7.60. The summed E-state index contributed by atoms with van der Waals surface area (Å²) in [4.78, 5) is 25.8. The number of ketones is 1. The van der Waals surface area contributed by atoms with Crippen LogP contribution in [0, 0.1) is 11.8 Å². The molecule has 3 nitrogen and oxygen atoms in total. The van der Waals surface area contributed by atoms with E-state index in [0.717, 1.165) is 25.9 Å². The van der Waals surface area contributed by atoms with Crippen LogP contribution in [0.1, 0.15) is 47.4 Å². The van der Waals surface area contributed by atoms with Crippen LogP contribution in [0.4, 0.5) is 0 Å². The second-order valence-electron chi connectivity index (χ2n) is 6.35. The van der Waals surface area contributed by atoms with Gasteiger partial charge in [-0.25, -0.2) is 0 Å². The van der Waals surface area contributed by atoms with Crippen LogP contribution >= 0.6 is 0 Å². The van der Waals surface area contributed by atoms with Crippen molar-refractivity contribution in [2.24, 2.45) is 11.8 Å². The molecule has 1 aliphatic carbocycles. The number of likely N-dealkylation sites (tertiary alicyclic amines) is 1. The zero-order chi connectivity index (χ0) is 15.0. The largest absolute Gasteiger partial charge is 0.338 e. The topological polar surface area (TPSA) is 37.4 Å². The first-order chi connectivity index (χ1) is 10.0. The highest BCUT2D eigenvalue weighted by Crippen LogP contribution is 2.36. The highest BCUT2D eigenvalue weighted by molar-refractivity contribution is 5.97. The van der Waals surface area contributed by atoms with Crippen molar-refractivity contribution < 1.29 is 9.59 Å². The number of benzene rings is 1. The van der Waals surface area contributed by atoms with Gasteiger partial charge in [0.15, 0.2) is 5.78 Å². The van der Waals surface area contributed by atoms with Crippen molar-refractivity contribution in [3.05, 3.63) is 47.0 Å². The van der Waals surface area contributed by atoms with E-state index in [1.807, 2.05) is 4.90 Å². The number of allylic oxidation sites excluding steroid dienone is 2. The lowest BCUT2D eigenvalue weighted by Gasteiger charge is -2.21. The summed E-state index contributed by atoms with van der Waals surface area (Å²) >= 11 is 0. The molecule has 2 aliphatic rings. The van der Waals surface area contributed by atoms with Gasteiger partial charge in [0.1, 0.15) is 0 Å². The Balaban J connectivity index is 1.71. The molecule has 1 heterocycles. The van der Waals surface area contributed by atoms with E-state index >= 15 is 0 Å². The number of carbonyl (C=O) groups is 2. The molecule has 1 aromatic rings. The van der Waals surface area contributed by atoms with Gasteiger partial charge < -0.3 is 4.90 Å². The summed E-state index contributed by atoms with van der Waals surface area (Å²) in [5.74, 6) is 1.37. The monoisotopic (exact) mass is 283 g/mol. The van der Waals surface area contributed by atoms with E-state index in [2.05, 4.69) is 13.0 Å². The van der Waals surface area contributed by atoms with Gasteiger partial charge >= 0.3 is 0 Å². The maximum atomic E-state index is 12.6. The van der Waals surface area contributed by atoms with Crippen molar-refractivity contribution >= 4 is 11.7 Å². The van der Waals surface area contributed by atoms with Gasteiger partial charge in [-0.05, 0) is 50.7 Å². The molecule has 0 N–H and O–H groups in total. The molecule has 0 spiro atoms. The minimum atomic E-state index is 0.0303. The predicted molar refractivity (Wildman–Crippen MR) is 82.3 cm³/mol. The molecule has 3 rings (SSSR count). The third kappa shape index (κ3) is 2.78. The first kappa shape index (κ1) is 14.1. The smallest absolute Gasteiger partial charge is 0.253 e. The van der Waals surface area contributed by atoms with Gasteiger partial charge in [0, 0.05) is 24.2 Å². The van der Waals surface area contributed by atoms with Crippen molar-refractivity contribution in [2.45, 2.75) is 26.7 Å². The number of Topliss-reactive ketones (excluding diaryl/α,β-unsaturated/α-hetero) is 1. The molecule has 0 bridgehead atoms. The van der Waals surface area contributed by atoms with Gasteiger partial charge in [-0.15, -0.1) is 0 Å². The fourth-order valence-electron chi connectivity index (χ4n) is 3.48. The summed E-state index contributed by atoms with van der Waals surface area (Å²) in [7, 11) is 0. The van der Waals surface area contributed by atoms with Gasteiger partial charge in [-0.2, -0.15) is 0 Å². The Morgan fingerprint density at radius 3 is 2.33 bits per heavy atom. The molecule has 1 amide bonds. The van der Waals surface area contributed by atoms with Gasteiger partial charge in [0.2, 0.25) is 0 Å². The molecule has 0 radical (unpaired) electrons. The lowest BCUT2D eigenvalue weighted by atomic mass is 9.83. The van der Waals surface area contributed by atoms with Crippen LogP contribution in [0.25, 0.3) is 0 Å². The highest BCUT2D eigenvalue weighted by Gasteiger charge is 2.36. The van der Waals surface area contributed by atoms with Crippen LogP contribution < -0.4 is 0 Å². The second kappa shape index (κ2) is 5.47. The molecule has 2 atom stereocenters. The van der Waals surface area contributed by atoms with E-state index in [9.17, 15) is 9.59 Å². The van der Waals surface area contributed by atoms with E-state index in [1.54, 1.807) is 24.3 Å². The zero-order valence-electron chi connectivity index (χ0n) is 12.6. The number of rotatable bonds is 2. The number of hydrogen-bond donors (Lipinski definition) is 0. The summed E-state index contributed by atoms with van der Waals surface area (Å²) in [6, 6.07) is 7.02. The van der Waals surface area contributed by atoms with Crippen LogP contribution in [-0.2, 0) is 0 Å². The number of hydrogen-bond acceptors (Lipinski definition) is 2. The van der Waals surface area contributed by atoms with E-state index in [0.29, 0.717) is 23.0 Å². The maximum absolute atomic E-state index is 12.6. The zero-order valence-corrected chi connectivity index (χ0v) is 12.6. The average molecular weight is 283 g/mol. The number of nitrogens with zero attached hydrogens (tertiary/aromatic N) is 1. The molecule has 1 aliphatic heterocycles. The third-order valence-electron chi connectivity index (χ3n) is 4.76. The highest BCUT2D eigenvalue weighted by atomic mass is 16.2. The lowest BCUT2D eigenvalue weighted by Crippen LogP contribution is -2.29. The summed E-state index contributed by atoms with van der Waals surface area (Å²) in [5, 5.41) is 0. The summed E-state index contributed by atoms with van der Waals surface area (Å²) in [5.41, 5.74) is 2.79. The minimum absolute atomic E-state index is 0.0303. The predicted octanol–water partition coefficient (Wildman–Crippen LogP) is 3.32. The van der Waals surface area contributed by atoms with Crippen molar-refractivity contribution in [2.75, 3.05) is 13.1 Å². The van der Waals surface area contributed by atoms with Crippen molar-refractivity contribution in [3.8, 4) is 0 Å². The molecule has 1 saturated heterocycles. The van der Waals surface area contributed by atoms with E-state index in [1.165, 1.54) is 12.5 Å². The Bertz CT molecular complexity index is 600. The molecule has 3 heteroatoms. The molecule has 0 aromatic heterocycles. The summed E-state index contributed by atoms with van der Waals surface area (Å²) in [6.07, 6.45) is 4.54. The molecule has 1 aromatic carbocycles. The molecule has 0 saturated carbocycles. The molecule has 0 unspecified atom stereocenters. The van der Waals surface area contributed by atoms with Crippen molar-refractivity contribution in [1.82, 2.24) is 4.90 Å². The quantitative estimate of drug-likeness (QED) is 0.617. The number of carbonyl (C=O) groups excluding carboxylic acids is 2. The van der Waals surface area contributed by atoms with Crippen LogP contribution in [-0.4, -0.2) is 29.7 Å². The molecular formula is C18H21NO2. The van der Waals surface area contributed by atoms with Gasteiger partial charge in [-0.3, -0.25) is 9.59 Å². The number of fused-ring (bicyclic) bond motifs is 1. The Labute approximate surface area is 125 Å². The Morgan fingerprint density at radius 1 is 1.05 bits per heavy atom. The van der Waals surface area contributed by atoms with Gasteiger partial charge in [-0.1, -0.05) is 23.8 Å². The van der Waals surface area contributed by atoms with Crippen LogP contribution in [0.15, 0.2) is 35.9 Å². The average Bonchev–Trinajstić information content (AvgIpc) is 2.89. The van der Waals surface area contributed by atoms with Crippen molar-refractivity contribution in [3.63, 3.8) is 0 Å². The minimum Gasteiger partial charge on any atom is -0.338 e. The number of amides is 1. The molecule has 110 valence electrons. The first-order valence-corrected chi connectivity index (χ1v) is 7.60. The van der Waals surface area contributed by atoms with E-state index in [4.69, 9.17) is 0 Å². The van der Waals surface area contributed by atoms with Crippen molar-refractivity contribution in [1.29, 1.82) is 0 Å². The second-order valence-corrected chi connectivity index (χ2v) is 6.35. The third-order valence-corrected chi connectivity index (χ3v) is 4.76. The van der Waals surface area contributed by atoms with E-state index < -0.39 is 0 Å². The van der Waals surface area contributed by atoms with Gasteiger partial charge in [0.05, 0.1) is 0 Å². The summed E-state index contributed by atoms with van der Waals surface area (Å²) in [6.45, 7) is 5.45. The summed E-state index contributed by atoms with van der Waals surface area (Å²) < 4.78 is 0. The van der Waals surface area contributed by atoms with Crippen LogP contribution in [0.5, 0.6) is 0 Å². The van der Waals surface area contributed by atoms with Gasteiger partial charge in [0.25, 0.3) is 5.91 Å². The standard InChI is InChI=1S/C18H21NO2/c1-12-3-4-16-10-19(11-17(16)9-12)18(21)15-7-5-14(6-8-15)13(2)20/h3,5-8,16-17H,4,9-11H2,1-2H3/t16-,17+/m1/s1. The Kier molecular flexibility index (Phi) is 3.66. The normalized spacial score (nSPS) is 24.5.